The average Bonchev–Trinajstić information content (AvgIpc) is 2.99. The Bertz CT molecular complexity index is 936. The molecule has 0 spiro atoms. The molecule has 2 aromatic rings. The number of anilines is 1. The van der Waals surface area contributed by atoms with E-state index in [0.29, 0.717) is 23.6 Å². The normalized spacial score (nSPS) is 18.2. The Hall–Kier alpha value is -3.02. The molecular formula is C20H21N3O3. The van der Waals surface area contributed by atoms with Gasteiger partial charge in [-0.15, -0.1) is 0 Å². The Balaban J connectivity index is 1.94. The summed E-state index contributed by atoms with van der Waals surface area (Å²) in [5.41, 5.74) is 11.4. The molecule has 0 fully saturated rings. The van der Waals surface area contributed by atoms with Gasteiger partial charge in [-0.05, 0) is 49.6 Å². The molecule has 1 unspecified atom stereocenters. The molecule has 6 heteroatoms. The van der Waals surface area contributed by atoms with Crippen LogP contribution in [0.1, 0.15) is 36.1 Å². The van der Waals surface area contributed by atoms with Gasteiger partial charge in [0.2, 0.25) is 12.7 Å². The smallest absolute Gasteiger partial charge is 0.239 e. The molecule has 4 rings (SSSR count). The number of carbonyl (C=O) groups excluding carboxylic acids is 1. The van der Waals surface area contributed by atoms with E-state index in [1.54, 1.807) is 0 Å². The maximum absolute atomic E-state index is 12.2. The molecule has 0 aromatic heterocycles. The van der Waals surface area contributed by atoms with Crippen LogP contribution < -0.4 is 15.2 Å². The van der Waals surface area contributed by atoms with Crippen molar-refractivity contribution >= 4 is 17.3 Å². The van der Waals surface area contributed by atoms with Crippen molar-refractivity contribution in [2.75, 3.05) is 12.5 Å². The number of nitrogens with two attached hydrogens (primary N) is 1. The van der Waals surface area contributed by atoms with E-state index in [4.69, 9.17) is 20.3 Å². The second kappa shape index (κ2) is 6.05. The number of carbonyl (C=O) groups is 1. The predicted octanol–water partition coefficient (Wildman–Crippen LogP) is 2.85. The van der Waals surface area contributed by atoms with Crippen LogP contribution in [0.15, 0.2) is 35.4 Å². The number of nitrogen functional groups attached to an aromatic ring is 1. The molecule has 1 atom stereocenters. The second-order valence-electron chi connectivity index (χ2n) is 6.80. The first kappa shape index (κ1) is 16.4. The number of hydrogen-bond acceptors (Lipinski definition) is 5. The van der Waals surface area contributed by atoms with Gasteiger partial charge < -0.3 is 15.2 Å². The van der Waals surface area contributed by atoms with Crippen molar-refractivity contribution in [2.45, 2.75) is 33.2 Å². The van der Waals surface area contributed by atoms with Crippen LogP contribution in [0, 0.1) is 6.92 Å². The van der Waals surface area contributed by atoms with Crippen LogP contribution in [-0.4, -0.2) is 29.5 Å². The summed E-state index contributed by atoms with van der Waals surface area (Å²) in [6.45, 7) is 5.70. The first-order valence-electron chi connectivity index (χ1n) is 8.62. The first-order valence-corrected chi connectivity index (χ1v) is 8.62. The number of nitrogens with zero attached hydrogens (tertiary/aromatic N) is 2. The molecule has 0 bridgehead atoms. The zero-order valence-corrected chi connectivity index (χ0v) is 15.1. The summed E-state index contributed by atoms with van der Waals surface area (Å²) in [4.78, 5) is 12.2. The summed E-state index contributed by atoms with van der Waals surface area (Å²) in [5.74, 6) is 1.33. The molecule has 0 radical (unpaired) electrons. The monoisotopic (exact) mass is 351 g/mol. The van der Waals surface area contributed by atoms with Gasteiger partial charge in [0.1, 0.15) is 0 Å². The molecule has 0 aliphatic carbocycles. The zero-order valence-electron chi connectivity index (χ0n) is 15.1. The van der Waals surface area contributed by atoms with Gasteiger partial charge in [-0.3, -0.25) is 4.79 Å². The van der Waals surface area contributed by atoms with E-state index in [2.05, 4.69) is 0 Å². The van der Waals surface area contributed by atoms with Crippen molar-refractivity contribution in [2.24, 2.45) is 5.10 Å². The van der Waals surface area contributed by atoms with E-state index in [-0.39, 0.29) is 18.7 Å². The molecular weight excluding hydrogens is 330 g/mol. The minimum absolute atomic E-state index is 0.0630. The average molecular weight is 351 g/mol. The highest BCUT2D eigenvalue weighted by Crippen LogP contribution is 2.37. The van der Waals surface area contributed by atoms with E-state index < -0.39 is 0 Å². The Morgan fingerprint density at radius 1 is 1.23 bits per heavy atom. The fourth-order valence-corrected chi connectivity index (χ4v) is 3.42. The van der Waals surface area contributed by atoms with Crippen molar-refractivity contribution in [1.29, 1.82) is 0 Å². The van der Waals surface area contributed by atoms with Gasteiger partial charge >= 0.3 is 0 Å². The summed E-state index contributed by atoms with van der Waals surface area (Å²) in [6.07, 6.45) is 0.680. The maximum atomic E-state index is 12.2. The highest BCUT2D eigenvalue weighted by atomic mass is 16.7. The summed E-state index contributed by atoms with van der Waals surface area (Å²) < 4.78 is 11.1. The molecule has 26 heavy (non-hydrogen) atoms. The van der Waals surface area contributed by atoms with Crippen LogP contribution >= 0.6 is 0 Å². The van der Waals surface area contributed by atoms with E-state index >= 15 is 0 Å². The number of hydrazone groups is 1. The lowest BCUT2D eigenvalue weighted by Crippen LogP contribution is -2.33. The highest BCUT2D eigenvalue weighted by molar-refractivity contribution is 6.15. The largest absolute Gasteiger partial charge is 0.454 e. The summed E-state index contributed by atoms with van der Waals surface area (Å²) >= 11 is 0. The van der Waals surface area contributed by atoms with Gasteiger partial charge in [-0.2, -0.15) is 5.10 Å². The van der Waals surface area contributed by atoms with Crippen LogP contribution in [-0.2, 0) is 11.2 Å². The van der Waals surface area contributed by atoms with Crippen molar-refractivity contribution < 1.29 is 14.3 Å². The Morgan fingerprint density at radius 3 is 2.65 bits per heavy atom. The summed E-state index contributed by atoms with van der Waals surface area (Å²) in [7, 11) is 0. The van der Waals surface area contributed by atoms with Gasteiger partial charge in [0, 0.05) is 23.7 Å². The number of aryl methyl sites for hydroxylation is 1. The van der Waals surface area contributed by atoms with Crippen molar-refractivity contribution in [1.82, 2.24) is 5.01 Å². The van der Waals surface area contributed by atoms with Crippen LogP contribution in [0.4, 0.5) is 5.69 Å². The number of ether oxygens (including phenoxy) is 2. The highest BCUT2D eigenvalue weighted by Gasteiger charge is 2.28. The van der Waals surface area contributed by atoms with Crippen LogP contribution in [0.3, 0.4) is 0 Å². The Labute approximate surface area is 152 Å². The molecule has 134 valence electrons. The quantitative estimate of drug-likeness (QED) is 0.802. The first-order chi connectivity index (χ1) is 12.4. The molecule has 2 N–H and O–H groups in total. The third-order valence-electron chi connectivity index (χ3n) is 4.87. The number of amides is 1. The number of hydrogen-bond donors (Lipinski definition) is 1. The third kappa shape index (κ3) is 2.67. The van der Waals surface area contributed by atoms with Crippen LogP contribution in [0.25, 0.3) is 0 Å². The summed E-state index contributed by atoms with van der Waals surface area (Å²) in [6, 6.07) is 9.72. The second-order valence-corrected chi connectivity index (χ2v) is 6.80. The fourth-order valence-electron chi connectivity index (χ4n) is 3.42. The number of fused-ring (bicyclic) bond motifs is 2. The zero-order chi connectivity index (χ0) is 18.4. The van der Waals surface area contributed by atoms with Crippen molar-refractivity contribution in [3.05, 3.63) is 52.6 Å². The van der Waals surface area contributed by atoms with Crippen LogP contribution in [0.5, 0.6) is 11.5 Å². The van der Waals surface area contributed by atoms with E-state index in [1.165, 1.54) is 11.9 Å². The maximum Gasteiger partial charge on any atom is 0.239 e. The molecule has 2 heterocycles. The number of rotatable bonds is 1. The minimum atomic E-state index is -0.0945. The topological polar surface area (TPSA) is 77.2 Å². The molecule has 2 aliphatic rings. The van der Waals surface area contributed by atoms with Gasteiger partial charge in [0.15, 0.2) is 11.5 Å². The van der Waals surface area contributed by atoms with Gasteiger partial charge in [-0.1, -0.05) is 12.1 Å². The predicted molar refractivity (Wildman–Crippen MR) is 99.5 cm³/mol. The molecule has 0 saturated carbocycles. The fraction of sp³-hybridized carbons (Fsp3) is 0.300. The van der Waals surface area contributed by atoms with E-state index in [0.717, 1.165) is 28.0 Å². The van der Waals surface area contributed by atoms with Gasteiger partial charge in [-0.25, -0.2) is 5.01 Å². The molecule has 2 aliphatic heterocycles. The molecule has 2 aromatic carbocycles. The van der Waals surface area contributed by atoms with Crippen LogP contribution in [0.2, 0.25) is 0 Å². The minimum Gasteiger partial charge on any atom is -0.454 e. The Morgan fingerprint density at radius 2 is 1.96 bits per heavy atom. The van der Waals surface area contributed by atoms with Crippen molar-refractivity contribution in [3.63, 3.8) is 0 Å². The Kier molecular flexibility index (Phi) is 3.83. The summed E-state index contributed by atoms with van der Waals surface area (Å²) in [5, 5.41) is 6.25. The molecule has 0 saturated heterocycles. The third-order valence-corrected chi connectivity index (χ3v) is 4.87. The van der Waals surface area contributed by atoms with Crippen molar-refractivity contribution in [3.8, 4) is 11.5 Å². The lowest BCUT2D eigenvalue weighted by Gasteiger charge is -2.21. The van der Waals surface area contributed by atoms with Gasteiger partial charge in [0.05, 0.1) is 11.8 Å². The van der Waals surface area contributed by atoms with Gasteiger partial charge in [0.25, 0.3) is 0 Å². The SMILES string of the molecule is CC(=O)N1N=C(c2ccc(C)c(N)c2)c2cc3c(cc2CC1C)OCO3. The standard InChI is InChI=1S/C20H21N3O3/c1-11-4-5-14(7-17(11)21)20-16-9-19-18(25-10-26-19)8-15(16)6-12(2)23(22-20)13(3)24/h4-5,7-9,12H,6,10,21H2,1-3H3. The van der Waals surface area contributed by atoms with E-state index in [1.807, 2.05) is 44.2 Å². The molecule has 6 nitrogen and oxygen atoms in total. The van der Waals surface area contributed by atoms with E-state index in [9.17, 15) is 4.79 Å². The lowest BCUT2D eigenvalue weighted by atomic mass is 9.93. The molecule has 1 amide bonds. The lowest BCUT2D eigenvalue weighted by molar-refractivity contribution is -0.130. The number of benzene rings is 2.